The van der Waals surface area contributed by atoms with E-state index in [0.717, 1.165) is 43.2 Å². The molecule has 3 aromatic rings. The molecular formula is C26H26FN3O. The van der Waals surface area contributed by atoms with Gasteiger partial charge in [-0.15, -0.1) is 0 Å². The van der Waals surface area contributed by atoms with Crippen molar-refractivity contribution < 1.29 is 9.18 Å². The number of carbonyl (C=O) groups is 1. The molecule has 1 aliphatic carbocycles. The van der Waals surface area contributed by atoms with E-state index in [9.17, 15) is 9.18 Å². The number of hydrogen-bond acceptors (Lipinski definition) is 3. The number of nitrogens with zero attached hydrogens (tertiary/aromatic N) is 2. The molecule has 1 fully saturated rings. The number of pyridine rings is 1. The molecule has 1 heterocycles. The van der Waals surface area contributed by atoms with Crippen LogP contribution in [-0.2, 0) is 4.79 Å². The lowest BCUT2D eigenvalue weighted by Gasteiger charge is -2.33. The molecule has 31 heavy (non-hydrogen) atoms. The fraction of sp³-hybridized carbons (Fsp3) is 0.346. The second-order valence-electron chi connectivity index (χ2n) is 8.37. The number of aromatic nitrogens is 1. The average Bonchev–Trinajstić information content (AvgIpc) is 2.80. The van der Waals surface area contributed by atoms with Crippen molar-refractivity contribution >= 4 is 22.5 Å². The Morgan fingerprint density at radius 3 is 2.58 bits per heavy atom. The molecule has 4 rings (SSSR count). The first-order valence-electron chi connectivity index (χ1n) is 10.9. The van der Waals surface area contributed by atoms with Gasteiger partial charge in [-0.25, -0.2) is 4.39 Å². The Kier molecular flexibility index (Phi) is 6.27. The summed E-state index contributed by atoms with van der Waals surface area (Å²) in [6, 6.07) is 15.9. The lowest BCUT2D eigenvalue weighted by molar-refractivity contribution is -0.122. The van der Waals surface area contributed by atoms with Gasteiger partial charge in [-0.2, -0.15) is 5.26 Å². The zero-order valence-corrected chi connectivity index (χ0v) is 17.6. The fourth-order valence-corrected chi connectivity index (χ4v) is 4.93. The Labute approximate surface area is 182 Å². The van der Waals surface area contributed by atoms with E-state index in [-0.39, 0.29) is 17.6 Å². The van der Waals surface area contributed by atoms with Gasteiger partial charge < -0.3 is 5.32 Å². The van der Waals surface area contributed by atoms with Crippen molar-refractivity contribution in [3.63, 3.8) is 0 Å². The maximum Gasteiger partial charge on any atom is 0.227 e. The number of fused-ring (bicyclic) bond motifs is 1. The molecule has 1 aromatic heterocycles. The molecule has 0 bridgehead atoms. The first-order chi connectivity index (χ1) is 15.1. The Morgan fingerprint density at radius 2 is 1.90 bits per heavy atom. The molecule has 1 aliphatic rings. The summed E-state index contributed by atoms with van der Waals surface area (Å²) in [6.45, 7) is 2.07. The molecule has 4 nitrogen and oxygen atoms in total. The molecule has 2 aromatic carbocycles. The van der Waals surface area contributed by atoms with Crippen LogP contribution in [0.25, 0.3) is 10.9 Å². The second-order valence-corrected chi connectivity index (χ2v) is 8.37. The second kappa shape index (κ2) is 9.26. The van der Waals surface area contributed by atoms with Crippen molar-refractivity contribution in [3.05, 3.63) is 71.7 Å². The van der Waals surface area contributed by atoms with Crippen molar-refractivity contribution in [1.82, 2.24) is 4.98 Å². The molecular weight excluding hydrogens is 389 g/mol. The summed E-state index contributed by atoms with van der Waals surface area (Å²) < 4.78 is 13.6. The number of halogens is 1. The van der Waals surface area contributed by atoms with E-state index in [1.165, 1.54) is 17.7 Å². The van der Waals surface area contributed by atoms with Crippen LogP contribution in [0.2, 0.25) is 0 Å². The Morgan fingerprint density at radius 1 is 1.16 bits per heavy atom. The molecule has 158 valence electrons. The minimum atomic E-state index is -0.264. The number of carbonyl (C=O) groups excluding carboxylic acids is 1. The number of rotatable bonds is 5. The Balaban J connectivity index is 1.42. The van der Waals surface area contributed by atoms with Gasteiger partial charge in [0.1, 0.15) is 5.82 Å². The molecule has 1 N–H and O–H groups in total. The zero-order chi connectivity index (χ0) is 21.8. The highest BCUT2D eigenvalue weighted by Gasteiger charge is 2.32. The summed E-state index contributed by atoms with van der Waals surface area (Å²) in [7, 11) is 0. The molecule has 5 heteroatoms. The van der Waals surface area contributed by atoms with E-state index in [4.69, 9.17) is 5.26 Å². The highest BCUT2D eigenvalue weighted by molar-refractivity contribution is 5.92. The van der Waals surface area contributed by atoms with Crippen molar-refractivity contribution in [2.45, 2.75) is 44.9 Å². The van der Waals surface area contributed by atoms with Gasteiger partial charge in [-0.3, -0.25) is 9.78 Å². The van der Waals surface area contributed by atoms with Gasteiger partial charge in [0.25, 0.3) is 0 Å². The van der Waals surface area contributed by atoms with Crippen LogP contribution in [0.3, 0.4) is 0 Å². The van der Waals surface area contributed by atoms with E-state index < -0.39 is 0 Å². The molecule has 0 aliphatic heterocycles. The van der Waals surface area contributed by atoms with Crippen molar-refractivity contribution in [1.29, 1.82) is 5.26 Å². The van der Waals surface area contributed by atoms with Crippen molar-refractivity contribution in [2.24, 2.45) is 11.8 Å². The van der Waals surface area contributed by atoms with Crippen LogP contribution in [0, 0.1) is 29.0 Å². The van der Waals surface area contributed by atoms with E-state index in [0.29, 0.717) is 22.9 Å². The summed E-state index contributed by atoms with van der Waals surface area (Å²) in [5.41, 5.74) is 3.24. The minimum absolute atomic E-state index is 0.0279. The quantitative estimate of drug-likeness (QED) is 0.541. The van der Waals surface area contributed by atoms with Gasteiger partial charge in [0.2, 0.25) is 5.91 Å². The highest BCUT2D eigenvalue weighted by atomic mass is 19.1. The molecule has 0 saturated heterocycles. The predicted octanol–water partition coefficient (Wildman–Crippen LogP) is 6.18. The number of amides is 1. The van der Waals surface area contributed by atoms with Gasteiger partial charge in [0.15, 0.2) is 0 Å². The largest absolute Gasteiger partial charge is 0.326 e. The van der Waals surface area contributed by atoms with Crippen LogP contribution >= 0.6 is 0 Å². The van der Waals surface area contributed by atoms with Crippen LogP contribution in [-0.4, -0.2) is 10.9 Å². The first kappa shape index (κ1) is 21.0. The van der Waals surface area contributed by atoms with Crippen LogP contribution in [0.4, 0.5) is 10.1 Å². The van der Waals surface area contributed by atoms with Gasteiger partial charge in [0, 0.05) is 29.3 Å². The minimum Gasteiger partial charge on any atom is -0.326 e. The maximum absolute atomic E-state index is 13.6. The third kappa shape index (κ3) is 4.59. The molecule has 0 spiro atoms. The molecule has 1 amide bonds. The van der Waals surface area contributed by atoms with Gasteiger partial charge in [-0.05, 0) is 92.0 Å². The monoisotopic (exact) mass is 415 g/mol. The van der Waals surface area contributed by atoms with E-state index in [2.05, 4.69) is 29.4 Å². The summed E-state index contributed by atoms with van der Waals surface area (Å²) in [6.07, 6.45) is 6.59. The van der Waals surface area contributed by atoms with Crippen molar-refractivity contribution in [2.75, 3.05) is 5.32 Å². The highest BCUT2D eigenvalue weighted by Crippen LogP contribution is 2.41. The van der Waals surface area contributed by atoms with Crippen molar-refractivity contribution in [3.8, 4) is 6.07 Å². The number of benzene rings is 2. The molecule has 0 radical (unpaired) electrons. The van der Waals surface area contributed by atoms with Gasteiger partial charge >= 0.3 is 0 Å². The lowest BCUT2D eigenvalue weighted by Crippen LogP contribution is -2.31. The standard InChI is InChI=1S/C26H26FN3O/c1-2-22(26(31)30-21-10-3-17(16-28)4-11-21)18-5-7-19(8-6-18)23-13-14-29-25-15-20(27)9-12-24(23)25/h3-4,9-15,18-19,22H,2,5-8H2,1H3,(H,30,31)/t18-,19+,22-/m1/s1. The van der Waals surface area contributed by atoms with Crippen LogP contribution in [0.15, 0.2) is 54.7 Å². The topological polar surface area (TPSA) is 65.8 Å². The molecule has 0 unspecified atom stereocenters. The van der Waals surface area contributed by atoms with Crippen LogP contribution < -0.4 is 5.32 Å². The zero-order valence-electron chi connectivity index (χ0n) is 17.6. The Bertz CT molecular complexity index is 1110. The SMILES string of the molecule is CC[C@@H](C(=O)Nc1ccc(C#N)cc1)[C@H]1CC[C@@H](c2ccnc3cc(F)ccc32)CC1. The van der Waals surface area contributed by atoms with E-state index in [1.807, 2.05) is 6.07 Å². The van der Waals surface area contributed by atoms with E-state index in [1.54, 1.807) is 30.5 Å². The summed E-state index contributed by atoms with van der Waals surface area (Å²) >= 11 is 0. The maximum atomic E-state index is 13.6. The fourth-order valence-electron chi connectivity index (χ4n) is 4.93. The van der Waals surface area contributed by atoms with Gasteiger partial charge in [-0.1, -0.05) is 6.92 Å². The smallest absolute Gasteiger partial charge is 0.227 e. The van der Waals surface area contributed by atoms with Gasteiger partial charge in [0.05, 0.1) is 17.1 Å². The van der Waals surface area contributed by atoms with Crippen LogP contribution in [0.5, 0.6) is 0 Å². The first-order valence-corrected chi connectivity index (χ1v) is 10.9. The third-order valence-electron chi connectivity index (χ3n) is 6.58. The summed E-state index contributed by atoms with van der Waals surface area (Å²) in [5.74, 6) is 0.525. The van der Waals surface area contributed by atoms with Crippen LogP contribution in [0.1, 0.15) is 56.1 Å². The number of nitrogens with one attached hydrogen (secondary N) is 1. The molecule has 1 saturated carbocycles. The third-order valence-corrected chi connectivity index (χ3v) is 6.58. The average molecular weight is 416 g/mol. The summed E-state index contributed by atoms with van der Waals surface area (Å²) in [4.78, 5) is 17.3. The number of anilines is 1. The Hall–Kier alpha value is -3.26. The number of hydrogen-bond donors (Lipinski definition) is 1. The summed E-state index contributed by atoms with van der Waals surface area (Å²) in [5, 5.41) is 13.0. The predicted molar refractivity (Wildman–Crippen MR) is 120 cm³/mol. The number of nitriles is 1. The molecule has 1 atom stereocenters. The lowest BCUT2D eigenvalue weighted by atomic mass is 9.72. The normalized spacial score (nSPS) is 19.5. The van der Waals surface area contributed by atoms with E-state index >= 15 is 0 Å².